The Morgan fingerprint density at radius 1 is 1.04 bits per heavy atom. The predicted octanol–water partition coefficient (Wildman–Crippen LogP) is 4.41. The number of hydrogen-bond acceptors (Lipinski definition) is 2. The third kappa shape index (κ3) is 2.03. The molecule has 0 bridgehead atoms. The van der Waals surface area contributed by atoms with Crippen LogP contribution < -0.4 is 5.73 Å². The Bertz CT molecular complexity index is 500. The molecular formula is C21H36N2. The molecule has 7 unspecified atom stereocenters. The molecule has 7 atom stereocenters. The summed E-state index contributed by atoms with van der Waals surface area (Å²) in [6, 6.07) is 0.737. The molecule has 0 radical (unpaired) electrons. The van der Waals surface area contributed by atoms with Crippen LogP contribution in [0.25, 0.3) is 0 Å². The highest BCUT2D eigenvalue weighted by atomic mass is 15.2. The van der Waals surface area contributed by atoms with Gasteiger partial charge in [-0.1, -0.05) is 20.4 Å². The standard InChI is InChI=1S/C21H36N2/c1-14-9-11-21(3)18-10-12-20(2)15(13-22)5-7-17(20)16(18)6-8-19(21)23(14)4/h15-19H,1,5-13,22H2,2-4H3. The highest BCUT2D eigenvalue weighted by Crippen LogP contribution is 2.66. The number of nitrogens with two attached hydrogens (primary N) is 1. The maximum atomic E-state index is 6.14. The summed E-state index contributed by atoms with van der Waals surface area (Å²) in [5.74, 6) is 3.63. The van der Waals surface area contributed by atoms with Crippen molar-refractivity contribution in [3.8, 4) is 0 Å². The SMILES string of the molecule is C=C1CCC2(C)C3CCC4(C)C(CN)CCC4C3CCC2N1C. The fourth-order valence-electron chi connectivity index (χ4n) is 7.73. The summed E-state index contributed by atoms with van der Waals surface area (Å²) in [5.41, 5.74) is 8.57. The van der Waals surface area contributed by atoms with E-state index in [1.807, 2.05) is 0 Å². The Hall–Kier alpha value is -0.500. The zero-order valence-electron chi connectivity index (χ0n) is 15.5. The van der Waals surface area contributed by atoms with Crippen LogP contribution in [0.2, 0.25) is 0 Å². The second kappa shape index (κ2) is 5.25. The normalized spacial score (nSPS) is 52.8. The first kappa shape index (κ1) is 16.0. The van der Waals surface area contributed by atoms with E-state index < -0.39 is 0 Å². The van der Waals surface area contributed by atoms with Crippen molar-refractivity contribution in [3.05, 3.63) is 12.3 Å². The third-order valence-corrected chi connectivity index (χ3v) is 9.22. The molecule has 2 heteroatoms. The smallest absolute Gasteiger partial charge is 0.0340 e. The average Bonchev–Trinajstić information content (AvgIpc) is 2.88. The van der Waals surface area contributed by atoms with Crippen molar-refractivity contribution < 1.29 is 0 Å². The Labute approximate surface area is 142 Å². The fourth-order valence-corrected chi connectivity index (χ4v) is 7.73. The van der Waals surface area contributed by atoms with E-state index in [1.54, 1.807) is 0 Å². The van der Waals surface area contributed by atoms with Crippen molar-refractivity contribution in [1.82, 2.24) is 4.90 Å². The Morgan fingerprint density at radius 3 is 2.52 bits per heavy atom. The van der Waals surface area contributed by atoms with E-state index >= 15 is 0 Å². The molecule has 2 N–H and O–H groups in total. The molecule has 2 nitrogen and oxygen atoms in total. The van der Waals surface area contributed by atoms with Gasteiger partial charge in [0.05, 0.1) is 0 Å². The lowest BCUT2D eigenvalue weighted by Crippen LogP contribution is -2.59. The molecule has 1 saturated heterocycles. The summed E-state index contributed by atoms with van der Waals surface area (Å²) < 4.78 is 0. The summed E-state index contributed by atoms with van der Waals surface area (Å²) >= 11 is 0. The Balaban J connectivity index is 1.64. The van der Waals surface area contributed by atoms with Crippen LogP contribution in [0.3, 0.4) is 0 Å². The van der Waals surface area contributed by atoms with Gasteiger partial charge in [-0.15, -0.1) is 0 Å². The lowest BCUT2D eigenvalue weighted by molar-refractivity contribution is -0.113. The van der Waals surface area contributed by atoms with Gasteiger partial charge in [0, 0.05) is 18.8 Å². The van der Waals surface area contributed by atoms with Crippen molar-refractivity contribution >= 4 is 0 Å². The third-order valence-electron chi connectivity index (χ3n) is 9.22. The molecule has 4 aliphatic rings. The minimum absolute atomic E-state index is 0.515. The molecule has 3 aliphatic carbocycles. The Morgan fingerprint density at radius 2 is 1.78 bits per heavy atom. The molecule has 0 aromatic rings. The van der Waals surface area contributed by atoms with Gasteiger partial charge in [-0.3, -0.25) is 0 Å². The summed E-state index contributed by atoms with van der Waals surface area (Å²) in [5, 5.41) is 0. The minimum atomic E-state index is 0.515. The van der Waals surface area contributed by atoms with Crippen molar-refractivity contribution in [3.63, 3.8) is 0 Å². The predicted molar refractivity (Wildman–Crippen MR) is 96.9 cm³/mol. The molecule has 130 valence electrons. The zero-order valence-corrected chi connectivity index (χ0v) is 15.5. The molecule has 1 heterocycles. The van der Waals surface area contributed by atoms with Gasteiger partial charge < -0.3 is 10.6 Å². The van der Waals surface area contributed by atoms with Crippen LogP contribution in [0.5, 0.6) is 0 Å². The van der Waals surface area contributed by atoms with E-state index in [9.17, 15) is 0 Å². The molecule has 23 heavy (non-hydrogen) atoms. The van der Waals surface area contributed by atoms with Gasteiger partial charge in [-0.05, 0) is 92.4 Å². The summed E-state index contributed by atoms with van der Waals surface area (Å²) in [4.78, 5) is 2.55. The molecule has 0 amide bonds. The van der Waals surface area contributed by atoms with E-state index in [4.69, 9.17) is 5.73 Å². The van der Waals surface area contributed by atoms with Crippen LogP contribution >= 0.6 is 0 Å². The van der Waals surface area contributed by atoms with Crippen LogP contribution in [-0.2, 0) is 0 Å². The number of likely N-dealkylation sites (tertiary alicyclic amines) is 1. The first-order valence-electron chi connectivity index (χ1n) is 10.0. The number of allylic oxidation sites excluding steroid dienone is 1. The van der Waals surface area contributed by atoms with Crippen LogP contribution in [0.1, 0.15) is 65.2 Å². The lowest BCUT2D eigenvalue weighted by Gasteiger charge is -2.62. The van der Waals surface area contributed by atoms with Crippen molar-refractivity contribution in [2.24, 2.45) is 40.2 Å². The monoisotopic (exact) mass is 316 g/mol. The number of hydrogen-bond donors (Lipinski definition) is 1. The Kier molecular flexibility index (Phi) is 3.65. The number of rotatable bonds is 1. The largest absolute Gasteiger partial charge is 0.375 e. The first-order chi connectivity index (χ1) is 10.9. The van der Waals surface area contributed by atoms with E-state index in [0.29, 0.717) is 10.8 Å². The maximum Gasteiger partial charge on any atom is 0.0340 e. The van der Waals surface area contributed by atoms with Gasteiger partial charge in [0.1, 0.15) is 0 Å². The van der Waals surface area contributed by atoms with E-state index in [0.717, 1.165) is 36.3 Å². The molecule has 0 spiro atoms. The number of fused-ring (bicyclic) bond motifs is 5. The second-order valence-corrected chi connectivity index (χ2v) is 9.71. The first-order valence-corrected chi connectivity index (χ1v) is 10.0. The van der Waals surface area contributed by atoms with Gasteiger partial charge >= 0.3 is 0 Å². The van der Waals surface area contributed by atoms with Gasteiger partial charge in [0.25, 0.3) is 0 Å². The molecular weight excluding hydrogens is 280 g/mol. The van der Waals surface area contributed by atoms with E-state index in [2.05, 4.69) is 32.4 Å². The average molecular weight is 317 g/mol. The molecule has 3 saturated carbocycles. The van der Waals surface area contributed by atoms with Crippen LogP contribution in [0, 0.1) is 34.5 Å². The highest BCUT2D eigenvalue weighted by molar-refractivity contribution is 5.14. The highest BCUT2D eigenvalue weighted by Gasteiger charge is 2.60. The molecule has 1 aliphatic heterocycles. The van der Waals surface area contributed by atoms with Crippen molar-refractivity contribution in [2.45, 2.75) is 71.3 Å². The van der Waals surface area contributed by atoms with Crippen LogP contribution in [0.4, 0.5) is 0 Å². The lowest BCUT2D eigenvalue weighted by atomic mass is 9.47. The topological polar surface area (TPSA) is 29.3 Å². The molecule has 4 fully saturated rings. The van der Waals surface area contributed by atoms with Crippen LogP contribution in [0.15, 0.2) is 12.3 Å². The van der Waals surface area contributed by atoms with Crippen molar-refractivity contribution in [1.29, 1.82) is 0 Å². The summed E-state index contributed by atoms with van der Waals surface area (Å²) in [6.07, 6.45) is 11.1. The van der Waals surface area contributed by atoms with Crippen LogP contribution in [-0.4, -0.2) is 24.5 Å². The quantitative estimate of drug-likeness (QED) is 0.776. The molecule has 4 rings (SSSR count). The molecule has 0 aromatic carbocycles. The van der Waals surface area contributed by atoms with Gasteiger partial charge in [-0.2, -0.15) is 0 Å². The van der Waals surface area contributed by atoms with Gasteiger partial charge in [-0.25, -0.2) is 0 Å². The van der Waals surface area contributed by atoms with Gasteiger partial charge in [0.2, 0.25) is 0 Å². The van der Waals surface area contributed by atoms with Crippen molar-refractivity contribution in [2.75, 3.05) is 13.6 Å². The number of nitrogens with zero attached hydrogens (tertiary/aromatic N) is 1. The molecule has 0 aromatic heterocycles. The number of piperidine rings is 1. The van der Waals surface area contributed by atoms with E-state index in [-0.39, 0.29) is 0 Å². The fraction of sp³-hybridized carbons (Fsp3) is 0.905. The summed E-state index contributed by atoms with van der Waals surface area (Å²) in [6.45, 7) is 10.4. The minimum Gasteiger partial charge on any atom is -0.375 e. The maximum absolute atomic E-state index is 6.14. The summed E-state index contributed by atoms with van der Waals surface area (Å²) in [7, 11) is 2.30. The van der Waals surface area contributed by atoms with E-state index in [1.165, 1.54) is 57.1 Å². The zero-order chi connectivity index (χ0) is 16.4. The second-order valence-electron chi connectivity index (χ2n) is 9.71. The van der Waals surface area contributed by atoms with Gasteiger partial charge in [0.15, 0.2) is 0 Å².